The molecule has 0 aromatic heterocycles. The fraction of sp³-hybridized carbons (Fsp3) is 0.571. The summed E-state index contributed by atoms with van der Waals surface area (Å²) in [5.41, 5.74) is -0.0809. The minimum atomic E-state index is -2.78. The monoisotopic (exact) mass is 413 g/mol. The van der Waals surface area contributed by atoms with E-state index in [1.165, 1.54) is 0 Å². The largest absolute Gasteiger partial charge is 0.465 e. The molecule has 0 bridgehead atoms. The third-order valence-corrected chi connectivity index (χ3v) is 3.80. The van der Waals surface area contributed by atoms with Crippen LogP contribution in [-0.2, 0) is 30.4 Å². The smallest absolute Gasteiger partial charge is 0.325 e. The van der Waals surface area contributed by atoms with E-state index in [1.807, 2.05) is 0 Å². The molecule has 0 aliphatic carbocycles. The van der Waals surface area contributed by atoms with Gasteiger partial charge in [0.2, 0.25) is 12.3 Å². The summed E-state index contributed by atoms with van der Waals surface area (Å²) in [6.45, 7) is 6.35. The molecule has 0 radical (unpaired) electrons. The van der Waals surface area contributed by atoms with E-state index >= 15 is 0 Å². The Bertz CT molecular complexity index is 673. The number of rotatable bonds is 10. The summed E-state index contributed by atoms with van der Waals surface area (Å²) in [7, 11) is 0. The summed E-state index contributed by atoms with van der Waals surface area (Å²) in [4.78, 5) is 38.2. The van der Waals surface area contributed by atoms with E-state index < -0.39 is 55.2 Å². The average molecular weight is 413 g/mol. The highest BCUT2D eigenvalue weighted by molar-refractivity contribution is 5.86. The van der Waals surface area contributed by atoms with Crippen LogP contribution in [0.15, 0.2) is 30.3 Å². The van der Waals surface area contributed by atoms with Gasteiger partial charge >= 0.3 is 11.9 Å². The summed E-state index contributed by atoms with van der Waals surface area (Å²) < 4.78 is 36.3. The van der Waals surface area contributed by atoms with Gasteiger partial charge < -0.3 is 14.4 Å². The molecule has 1 atom stereocenters. The van der Waals surface area contributed by atoms with Crippen LogP contribution in [0.1, 0.15) is 46.1 Å². The summed E-state index contributed by atoms with van der Waals surface area (Å²) in [5.74, 6) is -3.41. The van der Waals surface area contributed by atoms with Crippen LogP contribution in [0.3, 0.4) is 0 Å². The zero-order valence-electron chi connectivity index (χ0n) is 17.3. The minimum absolute atomic E-state index is 0.0343. The van der Waals surface area contributed by atoms with Crippen molar-refractivity contribution >= 4 is 17.8 Å². The molecule has 6 nitrogen and oxygen atoms in total. The molecule has 1 unspecified atom stereocenters. The molecule has 0 heterocycles. The van der Waals surface area contributed by atoms with Crippen molar-refractivity contribution < 1.29 is 32.6 Å². The van der Waals surface area contributed by atoms with Crippen molar-refractivity contribution in [3.8, 4) is 0 Å². The van der Waals surface area contributed by atoms with Gasteiger partial charge in [-0.05, 0) is 33.3 Å². The van der Waals surface area contributed by atoms with Gasteiger partial charge in [-0.3, -0.25) is 14.4 Å². The molecule has 0 aliphatic heterocycles. The fourth-order valence-electron chi connectivity index (χ4n) is 2.71. The van der Waals surface area contributed by atoms with Gasteiger partial charge in [0.25, 0.3) is 0 Å². The Balaban J connectivity index is 3.03. The molecule has 0 aliphatic rings. The molecule has 162 valence electrons. The molecule has 0 saturated heterocycles. The minimum Gasteiger partial charge on any atom is -0.465 e. The number of ether oxygens (including phenoxy) is 2. The number of alkyl halides is 2. The Morgan fingerprint density at radius 2 is 1.69 bits per heavy atom. The quantitative estimate of drug-likeness (QED) is 0.548. The third kappa shape index (κ3) is 10.0. The molecular formula is C21H29F2NO5. The second-order valence-electron chi connectivity index (χ2n) is 7.60. The van der Waals surface area contributed by atoms with Gasteiger partial charge in [-0.2, -0.15) is 0 Å². The summed E-state index contributed by atoms with van der Waals surface area (Å²) in [6, 6.07) is 8.82. The molecular weight excluding hydrogens is 384 g/mol. The topological polar surface area (TPSA) is 72.9 Å². The van der Waals surface area contributed by atoms with Crippen molar-refractivity contribution in [2.24, 2.45) is 5.92 Å². The lowest BCUT2D eigenvalue weighted by molar-refractivity contribution is -0.160. The van der Waals surface area contributed by atoms with Crippen LogP contribution in [-0.4, -0.2) is 47.9 Å². The van der Waals surface area contributed by atoms with E-state index in [4.69, 9.17) is 9.47 Å². The van der Waals surface area contributed by atoms with Gasteiger partial charge in [0.15, 0.2) is 0 Å². The van der Waals surface area contributed by atoms with E-state index in [9.17, 15) is 23.2 Å². The Morgan fingerprint density at radius 1 is 1.07 bits per heavy atom. The highest BCUT2D eigenvalue weighted by Crippen LogP contribution is 2.21. The number of amides is 1. The molecule has 1 rings (SSSR count). The van der Waals surface area contributed by atoms with Crippen LogP contribution in [0.25, 0.3) is 0 Å². The zero-order valence-corrected chi connectivity index (χ0v) is 17.3. The van der Waals surface area contributed by atoms with Crippen LogP contribution in [0.5, 0.6) is 0 Å². The number of nitrogens with zero attached hydrogens (tertiary/aromatic N) is 1. The van der Waals surface area contributed by atoms with Crippen molar-refractivity contribution in [2.45, 2.75) is 59.1 Å². The predicted octanol–water partition coefficient (Wildman–Crippen LogP) is 3.58. The number of esters is 2. The molecule has 0 N–H and O–H groups in total. The zero-order chi connectivity index (χ0) is 22.0. The summed E-state index contributed by atoms with van der Waals surface area (Å²) in [6.07, 6.45) is -4.08. The number of hydrogen-bond acceptors (Lipinski definition) is 5. The van der Waals surface area contributed by atoms with Gasteiger partial charge in [0.05, 0.1) is 18.9 Å². The van der Waals surface area contributed by atoms with Crippen LogP contribution in [0.2, 0.25) is 0 Å². The highest BCUT2D eigenvalue weighted by Gasteiger charge is 2.32. The molecule has 0 spiro atoms. The van der Waals surface area contributed by atoms with Crippen LogP contribution >= 0.6 is 0 Å². The molecule has 0 saturated carbocycles. The van der Waals surface area contributed by atoms with Crippen molar-refractivity contribution in [1.29, 1.82) is 0 Å². The first-order chi connectivity index (χ1) is 13.5. The number of carbonyl (C=O) groups is 3. The van der Waals surface area contributed by atoms with E-state index in [0.29, 0.717) is 0 Å². The second-order valence-corrected chi connectivity index (χ2v) is 7.60. The molecule has 8 heteroatoms. The van der Waals surface area contributed by atoms with Crippen LogP contribution in [0.4, 0.5) is 8.78 Å². The first-order valence-corrected chi connectivity index (χ1v) is 9.50. The lowest BCUT2D eigenvalue weighted by Crippen LogP contribution is -2.41. The van der Waals surface area contributed by atoms with E-state index in [0.717, 1.165) is 10.5 Å². The van der Waals surface area contributed by atoms with Crippen molar-refractivity contribution in [1.82, 2.24) is 4.90 Å². The van der Waals surface area contributed by atoms with Gasteiger partial charge in [-0.1, -0.05) is 30.3 Å². The first-order valence-electron chi connectivity index (χ1n) is 9.50. The third-order valence-electron chi connectivity index (χ3n) is 3.80. The molecule has 1 amide bonds. The Labute approximate surface area is 170 Å². The highest BCUT2D eigenvalue weighted by atomic mass is 19.3. The van der Waals surface area contributed by atoms with Gasteiger partial charge in [0.1, 0.15) is 12.1 Å². The summed E-state index contributed by atoms with van der Waals surface area (Å²) >= 11 is 0. The second kappa shape index (κ2) is 11.5. The predicted molar refractivity (Wildman–Crippen MR) is 103 cm³/mol. The lowest BCUT2D eigenvalue weighted by atomic mass is 9.99. The maximum absolute atomic E-state index is 13.1. The maximum Gasteiger partial charge on any atom is 0.325 e. The van der Waals surface area contributed by atoms with Crippen molar-refractivity contribution in [3.05, 3.63) is 35.9 Å². The standard InChI is InChI=1S/C21H29F2NO5/c1-5-28-19(26)14-24(13-15-9-7-6-8-10-15)20(27)16(11-17(22)23)12-18(25)29-21(2,3)4/h6-10,16-17H,5,11-14H2,1-4H3. The molecule has 1 aromatic rings. The van der Waals surface area contributed by atoms with E-state index in [-0.39, 0.29) is 13.2 Å². The van der Waals surface area contributed by atoms with Crippen molar-refractivity contribution in [3.63, 3.8) is 0 Å². The fourth-order valence-corrected chi connectivity index (χ4v) is 2.71. The summed E-state index contributed by atoms with van der Waals surface area (Å²) in [5, 5.41) is 0. The lowest BCUT2D eigenvalue weighted by Gasteiger charge is -2.27. The van der Waals surface area contributed by atoms with E-state index in [1.54, 1.807) is 58.0 Å². The van der Waals surface area contributed by atoms with Gasteiger partial charge in [0, 0.05) is 13.0 Å². The molecule has 0 fully saturated rings. The SMILES string of the molecule is CCOC(=O)CN(Cc1ccccc1)C(=O)C(CC(=O)OC(C)(C)C)CC(F)F. The van der Waals surface area contributed by atoms with Gasteiger partial charge in [-0.25, -0.2) is 8.78 Å². The average Bonchev–Trinajstić information content (AvgIpc) is 2.59. The normalized spacial score (nSPS) is 12.4. The van der Waals surface area contributed by atoms with Gasteiger partial charge in [-0.15, -0.1) is 0 Å². The van der Waals surface area contributed by atoms with Crippen molar-refractivity contribution in [2.75, 3.05) is 13.2 Å². The molecule has 1 aromatic carbocycles. The first kappa shape index (κ1) is 24.5. The maximum atomic E-state index is 13.1. The number of carbonyl (C=O) groups excluding carboxylic acids is 3. The van der Waals surface area contributed by atoms with Crippen LogP contribution < -0.4 is 0 Å². The Kier molecular flexibility index (Phi) is 9.71. The van der Waals surface area contributed by atoms with E-state index in [2.05, 4.69) is 0 Å². The Hall–Kier alpha value is -2.51. The number of hydrogen-bond donors (Lipinski definition) is 0. The van der Waals surface area contributed by atoms with Crippen LogP contribution in [0, 0.1) is 5.92 Å². The number of halogens is 2. The Morgan fingerprint density at radius 3 is 2.21 bits per heavy atom. The number of benzene rings is 1. The molecule has 29 heavy (non-hydrogen) atoms.